The van der Waals surface area contributed by atoms with Crippen molar-refractivity contribution < 1.29 is 10.0 Å². The Balaban J connectivity index is 2.71. The minimum absolute atomic E-state index is 0.281. The summed E-state index contributed by atoms with van der Waals surface area (Å²) in [5, 5.41) is 20.3. The van der Waals surface area contributed by atoms with Gasteiger partial charge in [0.05, 0.1) is 0 Å². The third kappa shape index (κ3) is 3.32. The fraction of sp³-hybridized carbons (Fsp3) is 0.455. The van der Waals surface area contributed by atoms with Gasteiger partial charge in [0.2, 0.25) is 6.04 Å². The van der Waals surface area contributed by atoms with Crippen LogP contribution < -0.4 is 0 Å². The fourth-order valence-electron chi connectivity index (χ4n) is 1.48. The molecule has 0 spiro atoms. The van der Waals surface area contributed by atoms with E-state index < -0.39 is 17.1 Å². The lowest BCUT2D eigenvalue weighted by Gasteiger charge is -2.14. The number of aliphatic hydroxyl groups is 1. The predicted octanol–water partition coefficient (Wildman–Crippen LogP) is 1.65. The molecule has 0 heterocycles. The Kier molecular flexibility index (Phi) is 4.24. The second kappa shape index (κ2) is 5.46. The van der Waals surface area contributed by atoms with Gasteiger partial charge in [-0.3, -0.25) is 10.1 Å². The van der Waals surface area contributed by atoms with E-state index in [1.54, 1.807) is 6.92 Å². The number of aliphatic hydroxyl groups excluding tert-OH is 1. The van der Waals surface area contributed by atoms with E-state index in [-0.39, 0.29) is 6.42 Å². The molecule has 0 amide bonds. The second-order valence-electron chi connectivity index (χ2n) is 3.52. The van der Waals surface area contributed by atoms with Crippen molar-refractivity contribution in [1.82, 2.24) is 0 Å². The van der Waals surface area contributed by atoms with Crippen LogP contribution in [0.25, 0.3) is 0 Å². The summed E-state index contributed by atoms with van der Waals surface area (Å²) in [4.78, 5) is 10.3. The van der Waals surface area contributed by atoms with Crippen LogP contribution in [-0.2, 0) is 6.42 Å². The van der Waals surface area contributed by atoms with Crippen molar-refractivity contribution in [2.24, 2.45) is 0 Å². The molecule has 0 saturated carbocycles. The Hall–Kier alpha value is -1.42. The van der Waals surface area contributed by atoms with Gasteiger partial charge in [-0.2, -0.15) is 0 Å². The molecule has 0 aliphatic rings. The van der Waals surface area contributed by atoms with Crippen LogP contribution in [0, 0.1) is 10.1 Å². The molecule has 0 aromatic heterocycles. The first kappa shape index (κ1) is 11.7. The highest BCUT2D eigenvalue weighted by Crippen LogP contribution is 2.10. The molecule has 4 heteroatoms. The van der Waals surface area contributed by atoms with E-state index >= 15 is 0 Å². The van der Waals surface area contributed by atoms with Gasteiger partial charge in [-0.1, -0.05) is 37.3 Å². The summed E-state index contributed by atoms with van der Waals surface area (Å²) in [7, 11) is 0. The van der Waals surface area contributed by atoms with Gasteiger partial charge in [0.25, 0.3) is 0 Å². The topological polar surface area (TPSA) is 63.4 Å². The number of benzene rings is 1. The number of hydrogen-bond donors (Lipinski definition) is 1. The highest BCUT2D eigenvalue weighted by Gasteiger charge is 2.28. The maximum absolute atomic E-state index is 10.7. The maximum atomic E-state index is 10.7. The zero-order valence-electron chi connectivity index (χ0n) is 8.67. The summed E-state index contributed by atoms with van der Waals surface area (Å²) in [5.74, 6) is 0. The summed E-state index contributed by atoms with van der Waals surface area (Å²) in [6, 6.07) is 8.30. The third-order valence-corrected chi connectivity index (χ3v) is 2.42. The molecule has 0 aliphatic heterocycles. The van der Waals surface area contributed by atoms with Gasteiger partial charge in [-0.15, -0.1) is 0 Å². The molecule has 1 N–H and O–H groups in total. The molecule has 4 nitrogen and oxygen atoms in total. The van der Waals surface area contributed by atoms with Crippen molar-refractivity contribution >= 4 is 0 Å². The Bertz CT molecular complexity index is 313. The van der Waals surface area contributed by atoms with Gasteiger partial charge in [-0.05, 0) is 12.0 Å². The largest absolute Gasteiger partial charge is 0.386 e. The van der Waals surface area contributed by atoms with Gasteiger partial charge in [-0.25, -0.2) is 0 Å². The molecular weight excluding hydrogens is 194 g/mol. The monoisotopic (exact) mass is 209 g/mol. The number of rotatable bonds is 5. The zero-order valence-corrected chi connectivity index (χ0v) is 8.67. The van der Waals surface area contributed by atoms with Crippen LogP contribution in [0.15, 0.2) is 30.3 Å². The van der Waals surface area contributed by atoms with Crippen LogP contribution in [0.4, 0.5) is 0 Å². The van der Waals surface area contributed by atoms with Crippen LogP contribution in [0.5, 0.6) is 0 Å². The van der Waals surface area contributed by atoms with E-state index in [1.165, 1.54) is 0 Å². The zero-order chi connectivity index (χ0) is 11.3. The number of nitro groups is 1. The molecule has 0 bridgehead atoms. The summed E-state index contributed by atoms with van der Waals surface area (Å²) < 4.78 is 0. The van der Waals surface area contributed by atoms with Crippen molar-refractivity contribution in [3.8, 4) is 0 Å². The van der Waals surface area contributed by atoms with Crippen LogP contribution >= 0.6 is 0 Å². The summed E-state index contributed by atoms with van der Waals surface area (Å²) >= 11 is 0. The Morgan fingerprint density at radius 2 is 2.00 bits per heavy atom. The molecule has 0 saturated heterocycles. The van der Waals surface area contributed by atoms with Crippen LogP contribution in [0.1, 0.15) is 18.9 Å². The average molecular weight is 209 g/mol. The van der Waals surface area contributed by atoms with E-state index in [0.717, 1.165) is 5.56 Å². The van der Waals surface area contributed by atoms with Crippen molar-refractivity contribution in [3.05, 3.63) is 46.0 Å². The maximum Gasteiger partial charge on any atom is 0.242 e. The minimum atomic E-state index is -0.905. The van der Waals surface area contributed by atoms with Crippen LogP contribution in [0.2, 0.25) is 0 Å². The smallest absolute Gasteiger partial charge is 0.242 e. The Morgan fingerprint density at radius 3 is 2.47 bits per heavy atom. The molecule has 0 aliphatic carbocycles. The summed E-state index contributed by atoms with van der Waals surface area (Å²) in [6.45, 7) is 1.74. The van der Waals surface area contributed by atoms with E-state index in [0.29, 0.717) is 6.42 Å². The average Bonchev–Trinajstić information content (AvgIpc) is 2.26. The standard InChI is InChI=1S/C11H15NO3/c1-2-11(13)10(12(14)15)8-9-6-4-3-5-7-9/h3-7,10-11,13H,2,8H2,1H3/t10-,11-/m1/s1. The highest BCUT2D eigenvalue weighted by atomic mass is 16.6. The van der Waals surface area contributed by atoms with Gasteiger partial charge in [0, 0.05) is 11.3 Å². The summed E-state index contributed by atoms with van der Waals surface area (Å²) in [6.07, 6.45) is -0.193. The predicted molar refractivity (Wildman–Crippen MR) is 57.2 cm³/mol. The van der Waals surface area contributed by atoms with Gasteiger partial charge < -0.3 is 5.11 Å². The summed E-state index contributed by atoms with van der Waals surface area (Å²) in [5.41, 5.74) is 0.881. The quantitative estimate of drug-likeness (QED) is 0.592. The molecule has 82 valence electrons. The van der Waals surface area contributed by atoms with Gasteiger partial charge in [0.15, 0.2) is 0 Å². The molecule has 0 radical (unpaired) electrons. The third-order valence-electron chi connectivity index (χ3n) is 2.42. The van der Waals surface area contributed by atoms with Crippen molar-refractivity contribution in [2.45, 2.75) is 31.9 Å². The molecule has 1 rings (SSSR count). The molecule has 15 heavy (non-hydrogen) atoms. The molecule has 1 aromatic rings. The Labute approximate surface area is 88.7 Å². The number of nitrogens with zero attached hydrogens (tertiary/aromatic N) is 1. The lowest BCUT2D eigenvalue weighted by Crippen LogP contribution is -2.35. The SMILES string of the molecule is CC[C@@H](O)[C@@H](Cc1ccccc1)[N+](=O)[O-]. The first-order valence-electron chi connectivity index (χ1n) is 5.00. The first-order valence-corrected chi connectivity index (χ1v) is 5.00. The van der Waals surface area contributed by atoms with Gasteiger partial charge >= 0.3 is 0 Å². The highest BCUT2D eigenvalue weighted by molar-refractivity contribution is 5.15. The molecular formula is C11H15NO3. The normalized spacial score (nSPS) is 14.5. The lowest BCUT2D eigenvalue weighted by atomic mass is 10.0. The van der Waals surface area contributed by atoms with E-state index in [4.69, 9.17) is 0 Å². The molecule has 0 fully saturated rings. The lowest BCUT2D eigenvalue weighted by molar-refractivity contribution is -0.534. The van der Waals surface area contributed by atoms with E-state index in [9.17, 15) is 15.2 Å². The fourth-order valence-corrected chi connectivity index (χ4v) is 1.48. The Morgan fingerprint density at radius 1 is 1.40 bits per heavy atom. The molecule has 0 unspecified atom stereocenters. The molecule has 2 atom stereocenters. The second-order valence-corrected chi connectivity index (χ2v) is 3.52. The first-order chi connectivity index (χ1) is 7.15. The molecule has 1 aromatic carbocycles. The van der Waals surface area contributed by atoms with Crippen molar-refractivity contribution in [3.63, 3.8) is 0 Å². The minimum Gasteiger partial charge on any atom is -0.386 e. The van der Waals surface area contributed by atoms with Crippen LogP contribution in [0.3, 0.4) is 0 Å². The van der Waals surface area contributed by atoms with E-state index in [1.807, 2.05) is 30.3 Å². The van der Waals surface area contributed by atoms with Crippen molar-refractivity contribution in [1.29, 1.82) is 0 Å². The van der Waals surface area contributed by atoms with Gasteiger partial charge in [0.1, 0.15) is 6.10 Å². The van der Waals surface area contributed by atoms with Crippen LogP contribution in [-0.4, -0.2) is 22.2 Å². The van der Waals surface area contributed by atoms with E-state index in [2.05, 4.69) is 0 Å². The van der Waals surface area contributed by atoms with Crippen molar-refractivity contribution in [2.75, 3.05) is 0 Å². The number of hydrogen-bond acceptors (Lipinski definition) is 3.